The average Bonchev–Trinajstić information content (AvgIpc) is 0.756. The van der Waals surface area contributed by atoms with Crippen molar-refractivity contribution in [2.75, 3.05) is 18.8 Å². The summed E-state index contributed by atoms with van der Waals surface area (Å²) < 4.78 is 21.4. The zero-order valence-electron chi connectivity index (χ0n) is 66.9. The Labute approximate surface area is 653 Å². The molecule has 598 valence electrons. The summed E-state index contributed by atoms with van der Waals surface area (Å²) in [7, 11) is 0. The van der Waals surface area contributed by atoms with Crippen LogP contribution in [0.4, 0.5) is 9.59 Å². The molecule has 5 aromatic carbocycles. The molecule has 110 heavy (non-hydrogen) atoms. The highest BCUT2D eigenvalue weighted by molar-refractivity contribution is 8.00. The number of carbonyl (C=O) groups is 12. The second kappa shape index (κ2) is 43.0. The number of ether oxygens (including phenoxy) is 4. The van der Waals surface area contributed by atoms with Crippen molar-refractivity contribution in [3.05, 3.63) is 179 Å². The Hall–Kier alpha value is -9.71. The second-order valence-electron chi connectivity index (χ2n) is 32.4. The number of benzene rings is 5. The number of rotatable bonds is 42. The van der Waals surface area contributed by atoms with E-state index >= 15 is 0 Å². The van der Waals surface area contributed by atoms with Crippen molar-refractivity contribution in [1.29, 1.82) is 0 Å². The zero-order chi connectivity index (χ0) is 81.5. The molecule has 23 nitrogen and oxygen atoms in total. The lowest BCUT2D eigenvalue weighted by Crippen LogP contribution is -2.57. The monoisotopic (exact) mass is 1540 g/mol. The Balaban J connectivity index is 1.28. The molecule has 0 radical (unpaired) electrons. The smallest absolute Gasteiger partial charge is 0.408 e. The van der Waals surface area contributed by atoms with Gasteiger partial charge in [-0.3, -0.25) is 43.2 Å². The van der Waals surface area contributed by atoms with Crippen molar-refractivity contribution < 1.29 is 76.5 Å². The van der Waals surface area contributed by atoms with Gasteiger partial charge >= 0.3 is 30.0 Å². The van der Waals surface area contributed by atoms with E-state index in [1.165, 1.54) is 18.7 Å². The lowest BCUT2D eigenvalue weighted by molar-refractivity contribution is -0.158. The highest BCUT2D eigenvalue weighted by Gasteiger charge is 2.41. The van der Waals surface area contributed by atoms with Crippen LogP contribution in [0.25, 0.3) is 0 Å². The third kappa shape index (κ3) is 34.1. The number of urea groups is 1. The number of ketones is 3. The molecule has 0 fully saturated rings. The van der Waals surface area contributed by atoms with Crippen LogP contribution in [0.5, 0.6) is 0 Å². The number of carbonyl (C=O) groups excluding carboxylic acids is 12. The maximum atomic E-state index is 14.9. The van der Waals surface area contributed by atoms with Crippen LogP contribution in [-0.4, -0.2) is 142 Å². The van der Waals surface area contributed by atoms with Gasteiger partial charge in [-0.25, -0.2) is 14.4 Å². The predicted octanol–water partition coefficient (Wildman–Crippen LogP) is 12.4. The summed E-state index contributed by atoms with van der Waals surface area (Å²) >= 11 is 1.48. The average molecular weight is 1540 g/mol. The van der Waals surface area contributed by atoms with Crippen molar-refractivity contribution in [3.63, 3.8) is 0 Å². The van der Waals surface area contributed by atoms with Crippen molar-refractivity contribution in [1.82, 2.24) is 37.2 Å². The fourth-order valence-corrected chi connectivity index (χ4v) is 13.7. The van der Waals surface area contributed by atoms with Crippen molar-refractivity contribution >= 4 is 82.8 Å². The van der Waals surface area contributed by atoms with Gasteiger partial charge in [-0.2, -0.15) is 0 Å². The number of hydrogen-bond acceptors (Lipinski definition) is 17. The molecule has 7 N–H and O–H groups in total. The maximum Gasteiger partial charge on any atom is 0.408 e. The molecule has 0 aliphatic heterocycles. The van der Waals surface area contributed by atoms with E-state index in [1.807, 2.05) is 109 Å². The van der Waals surface area contributed by atoms with E-state index in [0.29, 0.717) is 37.8 Å². The molecule has 5 aromatic rings. The first-order valence-electron chi connectivity index (χ1n) is 37.9. The molecule has 0 heterocycles. The Morgan fingerprint density at radius 3 is 1.39 bits per heavy atom. The van der Waals surface area contributed by atoms with Gasteiger partial charge in [-0.15, -0.1) is 11.8 Å². The quantitative estimate of drug-likeness (QED) is 0.00826. The van der Waals surface area contributed by atoms with Crippen LogP contribution in [-0.2, 0) is 84.5 Å². The van der Waals surface area contributed by atoms with E-state index < -0.39 is 147 Å². The first kappa shape index (κ1) is 90.9. The highest BCUT2D eigenvalue weighted by Crippen LogP contribution is 2.49. The van der Waals surface area contributed by atoms with E-state index in [4.69, 9.17) is 18.9 Å². The third-order valence-corrected chi connectivity index (χ3v) is 19.0. The van der Waals surface area contributed by atoms with Crippen molar-refractivity contribution in [2.24, 2.45) is 11.8 Å². The zero-order valence-corrected chi connectivity index (χ0v) is 67.7. The van der Waals surface area contributed by atoms with E-state index in [1.54, 1.807) is 139 Å². The Bertz CT molecular complexity index is 3740. The van der Waals surface area contributed by atoms with Crippen LogP contribution in [0, 0.1) is 11.8 Å². The summed E-state index contributed by atoms with van der Waals surface area (Å²) in [5.41, 5.74) is -0.253. The van der Waals surface area contributed by atoms with Crippen LogP contribution in [0.2, 0.25) is 0 Å². The molecule has 0 unspecified atom stereocenters. The molecule has 6 atom stereocenters. The van der Waals surface area contributed by atoms with Gasteiger partial charge in [0.25, 0.3) is 0 Å². The number of alkyl carbamates (subject to hydrolysis) is 1. The molecule has 24 heteroatoms. The number of thioether (sulfide) groups is 1. The van der Waals surface area contributed by atoms with E-state index in [-0.39, 0.29) is 68.8 Å². The minimum absolute atomic E-state index is 0.0363. The number of hydrogen-bond donors (Lipinski definition) is 7. The Morgan fingerprint density at radius 1 is 0.409 bits per heavy atom. The van der Waals surface area contributed by atoms with Crippen LogP contribution in [0.3, 0.4) is 0 Å². The number of unbranched alkanes of at least 4 members (excludes halogenated alkanes) is 3. The molecule has 7 amide bonds. The fourth-order valence-electron chi connectivity index (χ4n) is 12.0. The van der Waals surface area contributed by atoms with E-state index in [0.717, 1.165) is 22.3 Å². The lowest BCUT2D eigenvalue weighted by atomic mass is 9.84. The van der Waals surface area contributed by atoms with Gasteiger partial charge in [0.05, 0.1) is 23.3 Å². The number of amides is 7. The molecular weight excluding hydrogens is 1420 g/mol. The van der Waals surface area contributed by atoms with Gasteiger partial charge in [-0.1, -0.05) is 165 Å². The standard InChI is InChI=1S/C86H117N7O16S/c1-58(94)62(57-110-86(63-39-27-20-28-40-63,64-41-29-21-30-42-64)65-43-31-22-32-44-65)54-71(96)68(55-75(100)107-82(5,6)7)90-77(102)69(92-80(105)109-84(11,12)13)56-88-76(101)61(51-59-35-23-18-24-36-59)53-70(95)67(52-60-37-25-19-26-38-60)89-73(98)45-33-16-17-34-50-87-72(97)47-46-66(78(103)108-83(8,9)10)91-79(104)93-85(14,15)49-48-74(99)106-81(2,3)4/h18-32,35-44,61-62,66-69H,16-17,33-34,45-57H2,1-15H3,(H,87,97)(H,88,101)(H,89,98)(H,90,102)(H,92,105)(H2,91,93,104)/t61-,62+,66+,67+,68+,69+/m1/s1. The largest absolute Gasteiger partial charge is 0.460 e. The summed E-state index contributed by atoms with van der Waals surface area (Å²) in [6, 6.07) is 41.3. The lowest BCUT2D eigenvalue weighted by Gasteiger charge is -2.36. The molecule has 0 spiro atoms. The van der Waals surface area contributed by atoms with E-state index in [9.17, 15) is 57.5 Å². The van der Waals surface area contributed by atoms with Crippen molar-refractivity contribution in [3.8, 4) is 0 Å². The van der Waals surface area contributed by atoms with Crippen LogP contribution < -0.4 is 37.2 Å². The number of Topliss-reactive ketones (excluding diaryl/α,β-unsaturated/α-hetero) is 3. The summed E-state index contributed by atoms with van der Waals surface area (Å²) in [4.78, 5) is 167. The minimum atomic E-state index is -1.66. The second-order valence-corrected chi connectivity index (χ2v) is 33.7. The first-order chi connectivity index (χ1) is 51.6. The highest BCUT2D eigenvalue weighted by atomic mass is 32.2. The Kier molecular flexibility index (Phi) is 35.6. The minimum Gasteiger partial charge on any atom is -0.460 e. The summed E-state index contributed by atoms with van der Waals surface area (Å²) in [5, 5.41) is 19.2. The Morgan fingerprint density at radius 2 is 0.882 bits per heavy atom. The van der Waals surface area contributed by atoms with Crippen LogP contribution in [0.15, 0.2) is 152 Å². The third-order valence-electron chi connectivity index (χ3n) is 17.3. The molecule has 0 aliphatic carbocycles. The van der Waals surface area contributed by atoms with Crippen molar-refractivity contribution in [2.45, 2.75) is 251 Å². The molecular formula is C86H117N7O16S. The molecule has 0 aliphatic rings. The van der Waals surface area contributed by atoms with Gasteiger partial charge in [-0.05, 0) is 170 Å². The molecule has 0 aromatic heterocycles. The van der Waals surface area contributed by atoms with Gasteiger partial charge in [0.15, 0.2) is 11.6 Å². The normalized spacial score (nSPS) is 13.6. The molecule has 0 saturated heterocycles. The summed E-state index contributed by atoms with van der Waals surface area (Å²) in [6.07, 6.45) is 0.0436. The molecule has 0 saturated carbocycles. The van der Waals surface area contributed by atoms with Gasteiger partial charge in [0.2, 0.25) is 23.6 Å². The topological polar surface area (TPSA) is 326 Å². The molecule has 0 bridgehead atoms. The number of nitrogens with one attached hydrogen (secondary N) is 7. The van der Waals surface area contributed by atoms with Crippen LogP contribution >= 0.6 is 11.8 Å². The van der Waals surface area contributed by atoms with Gasteiger partial charge in [0.1, 0.15) is 40.3 Å². The predicted molar refractivity (Wildman–Crippen MR) is 425 cm³/mol. The van der Waals surface area contributed by atoms with Gasteiger partial charge in [0, 0.05) is 68.3 Å². The van der Waals surface area contributed by atoms with E-state index in [2.05, 4.69) is 37.2 Å². The first-order valence-corrected chi connectivity index (χ1v) is 38.9. The molecule has 5 rings (SSSR count). The summed E-state index contributed by atoms with van der Waals surface area (Å²) in [6.45, 7) is 24.7. The van der Waals surface area contributed by atoms with Gasteiger partial charge < -0.3 is 56.2 Å². The number of esters is 3. The summed E-state index contributed by atoms with van der Waals surface area (Å²) in [5.74, 6) is -7.77. The SMILES string of the molecule is CC(=O)[C@H](CSC(c1ccccc1)(c1ccccc1)c1ccccc1)CC(=O)[C@H](CC(=O)OC(C)(C)C)NC(=O)[C@H](CNC(=O)[C@@H](CC(=O)[C@H](Cc1ccccc1)NC(=O)CCCCCCNC(=O)CC[C@H](NC(=O)NC(C)(C)CCC(=O)OC(C)(C)C)C(=O)OC(C)(C)C)Cc1ccccc1)NC(=O)OC(C)(C)C. The van der Waals surface area contributed by atoms with Crippen LogP contribution in [0.1, 0.15) is 209 Å². The maximum absolute atomic E-state index is 14.9. The fraction of sp³-hybridized carbons (Fsp3) is 0.512.